The Balaban J connectivity index is 0.00000243. The highest BCUT2D eigenvalue weighted by molar-refractivity contribution is 7.99. The van der Waals surface area contributed by atoms with Crippen molar-refractivity contribution in [1.82, 2.24) is 15.5 Å². The number of carbonyl (C=O) groups excluding carboxylic acids is 2. The minimum absolute atomic E-state index is 0. The van der Waals surface area contributed by atoms with Crippen LogP contribution in [-0.4, -0.2) is 60.1 Å². The van der Waals surface area contributed by atoms with Crippen molar-refractivity contribution in [3.8, 4) is 0 Å². The minimum atomic E-state index is -0.181. The summed E-state index contributed by atoms with van der Waals surface area (Å²) in [5.74, 6) is 2.38. The zero-order valence-electron chi connectivity index (χ0n) is 14.8. The largest absolute Gasteiger partial charge is 0.342 e. The van der Waals surface area contributed by atoms with Gasteiger partial charge in [0.15, 0.2) is 0 Å². The molecular formula is C18H27ClN4O2S. The Labute approximate surface area is 165 Å². The van der Waals surface area contributed by atoms with Gasteiger partial charge in [-0.2, -0.15) is 11.8 Å². The summed E-state index contributed by atoms with van der Waals surface area (Å²) in [7, 11) is 0. The van der Waals surface area contributed by atoms with E-state index in [9.17, 15) is 9.59 Å². The lowest BCUT2D eigenvalue weighted by Gasteiger charge is -2.33. The topological polar surface area (TPSA) is 73.5 Å². The molecular weight excluding hydrogens is 372 g/mol. The SMILES string of the molecule is Cl.O=C(Nc1ccccc1)NC1CCN(C(=O)CC2CSCCN2)CC1. The van der Waals surface area contributed by atoms with E-state index in [0.29, 0.717) is 12.5 Å². The van der Waals surface area contributed by atoms with Crippen molar-refractivity contribution in [3.63, 3.8) is 0 Å². The monoisotopic (exact) mass is 398 g/mol. The number of urea groups is 1. The van der Waals surface area contributed by atoms with E-state index in [1.54, 1.807) is 0 Å². The lowest BCUT2D eigenvalue weighted by atomic mass is 10.0. The van der Waals surface area contributed by atoms with Crippen molar-refractivity contribution in [1.29, 1.82) is 0 Å². The van der Waals surface area contributed by atoms with E-state index in [2.05, 4.69) is 16.0 Å². The average molecular weight is 399 g/mol. The zero-order valence-corrected chi connectivity index (χ0v) is 16.4. The van der Waals surface area contributed by atoms with Crippen molar-refractivity contribution in [2.24, 2.45) is 0 Å². The van der Waals surface area contributed by atoms with Crippen molar-refractivity contribution in [2.75, 3.05) is 36.5 Å². The number of halogens is 1. The predicted molar refractivity (Wildman–Crippen MR) is 109 cm³/mol. The smallest absolute Gasteiger partial charge is 0.319 e. The highest BCUT2D eigenvalue weighted by atomic mass is 35.5. The number of carbonyl (C=O) groups is 2. The van der Waals surface area contributed by atoms with Gasteiger partial charge in [0.25, 0.3) is 0 Å². The quantitative estimate of drug-likeness (QED) is 0.727. The normalized spacial score (nSPS) is 20.8. The molecule has 144 valence electrons. The third-order valence-corrected chi connectivity index (χ3v) is 5.76. The van der Waals surface area contributed by atoms with E-state index in [1.165, 1.54) is 0 Å². The number of para-hydroxylation sites is 1. The molecule has 1 atom stereocenters. The molecule has 3 N–H and O–H groups in total. The van der Waals surface area contributed by atoms with Crippen LogP contribution >= 0.6 is 24.2 Å². The van der Waals surface area contributed by atoms with Crippen LogP contribution in [0.5, 0.6) is 0 Å². The van der Waals surface area contributed by atoms with Gasteiger partial charge in [-0.05, 0) is 25.0 Å². The Morgan fingerprint density at radius 1 is 1.19 bits per heavy atom. The molecule has 2 aliphatic heterocycles. The van der Waals surface area contributed by atoms with Gasteiger partial charge in [0.1, 0.15) is 0 Å². The van der Waals surface area contributed by atoms with Crippen LogP contribution in [0.4, 0.5) is 10.5 Å². The Morgan fingerprint density at radius 2 is 1.92 bits per heavy atom. The summed E-state index contributed by atoms with van der Waals surface area (Å²) in [6.07, 6.45) is 2.20. The number of hydrogen-bond acceptors (Lipinski definition) is 4. The van der Waals surface area contributed by atoms with Crippen LogP contribution in [0.25, 0.3) is 0 Å². The van der Waals surface area contributed by atoms with Gasteiger partial charge in [-0.1, -0.05) is 18.2 Å². The Bertz CT molecular complexity index is 576. The fraction of sp³-hybridized carbons (Fsp3) is 0.556. The lowest BCUT2D eigenvalue weighted by Crippen LogP contribution is -2.49. The summed E-state index contributed by atoms with van der Waals surface area (Å²) < 4.78 is 0. The van der Waals surface area contributed by atoms with E-state index in [1.807, 2.05) is 47.0 Å². The van der Waals surface area contributed by atoms with Crippen molar-refractivity contribution < 1.29 is 9.59 Å². The number of nitrogens with zero attached hydrogens (tertiary/aromatic N) is 1. The molecule has 3 rings (SSSR count). The Kier molecular flexibility index (Phi) is 8.54. The highest BCUT2D eigenvalue weighted by Crippen LogP contribution is 2.15. The molecule has 8 heteroatoms. The van der Waals surface area contributed by atoms with Gasteiger partial charge in [-0.25, -0.2) is 4.79 Å². The molecule has 0 aliphatic carbocycles. The number of thioether (sulfide) groups is 1. The van der Waals surface area contributed by atoms with Crippen molar-refractivity contribution in [3.05, 3.63) is 30.3 Å². The van der Waals surface area contributed by atoms with Gasteiger partial charge in [0, 0.05) is 55.3 Å². The standard InChI is InChI=1S/C18H26N4O2S.ClH/c23-17(12-16-13-25-11-8-19-16)22-9-6-15(7-10-22)21-18(24)20-14-4-2-1-3-5-14;/h1-5,15-16,19H,6-13H2,(H2,20,21,24);1H. The first-order valence-electron chi connectivity index (χ1n) is 8.92. The van der Waals surface area contributed by atoms with Crippen LogP contribution in [0.3, 0.4) is 0 Å². The fourth-order valence-corrected chi connectivity index (χ4v) is 4.19. The maximum absolute atomic E-state index is 12.4. The fourth-order valence-electron chi connectivity index (χ4n) is 3.24. The van der Waals surface area contributed by atoms with E-state index in [-0.39, 0.29) is 30.4 Å². The highest BCUT2D eigenvalue weighted by Gasteiger charge is 2.26. The van der Waals surface area contributed by atoms with Gasteiger partial charge >= 0.3 is 6.03 Å². The second-order valence-corrected chi connectivity index (χ2v) is 7.70. The van der Waals surface area contributed by atoms with E-state index >= 15 is 0 Å². The van der Waals surface area contributed by atoms with Crippen LogP contribution in [-0.2, 0) is 4.79 Å². The van der Waals surface area contributed by atoms with Crippen molar-refractivity contribution >= 4 is 41.8 Å². The molecule has 6 nitrogen and oxygen atoms in total. The molecule has 0 bridgehead atoms. The van der Waals surface area contributed by atoms with E-state index in [0.717, 1.165) is 49.7 Å². The summed E-state index contributed by atoms with van der Waals surface area (Å²) in [6, 6.07) is 9.65. The van der Waals surface area contributed by atoms with Crippen LogP contribution in [0.15, 0.2) is 30.3 Å². The minimum Gasteiger partial charge on any atom is -0.342 e. The number of piperidine rings is 1. The number of benzene rings is 1. The van der Waals surface area contributed by atoms with Gasteiger partial charge in [-0.15, -0.1) is 12.4 Å². The summed E-state index contributed by atoms with van der Waals surface area (Å²) >= 11 is 1.91. The Morgan fingerprint density at radius 3 is 2.58 bits per heavy atom. The molecule has 1 unspecified atom stereocenters. The molecule has 1 aromatic carbocycles. The van der Waals surface area contributed by atoms with Gasteiger partial charge in [0.2, 0.25) is 5.91 Å². The number of nitrogens with one attached hydrogen (secondary N) is 3. The number of anilines is 1. The zero-order chi connectivity index (χ0) is 17.5. The maximum atomic E-state index is 12.4. The molecule has 2 fully saturated rings. The number of rotatable bonds is 4. The predicted octanol–water partition coefficient (Wildman–Crippen LogP) is 2.32. The van der Waals surface area contributed by atoms with Crippen LogP contribution in [0.2, 0.25) is 0 Å². The number of amides is 3. The van der Waals surface area contributed by atoms with Crippen LogP contribution in [0.1, 0.15) is 19.3 Å². The number of hydrogen-bond donors (Lipinski definition) is 3. The molecule has 2 heterocycles. The Hall–Kier alpha value is -1.44. The lowest BCUT2D eigenvalue weighted by molar-refractivity contribution is -0.132. The average Bonchev–Trinajstić information content (AvgIpc) is 2.64. The summed E-state index contributed by atoms with van der Waals surface area (Å²) in [6.45, 7) is 2.43. The van der Waals surface area contributed by atoms with Gasteiger partial charge < -0.3 is 20.9 Å². The molecule has 3 amide bonds. The summed E-state index contributed by atoms with van der Waals surface area (Å²) in [4.78, 5) is 26.4. The number of likely N-dealkylation sites (tertiary alicyclic amines) is 1. The molecule has 0 saturated carbocycles. The first kappa shape index (κ1) is 20.9. The first-order valence-corrected chi connectivity index (χ1v) is 10.1. The molecule has 1 aromatic rings. The molecule has 26 heavy (non-hydrogen) atoms. The second-order valence-electron chi connectivity index (χ2n) is 6.55. The summed E-state index contributed by atoms with van der Waals surface area (Å²) in [5.41, 5.74) is 0.783. The van der Waals surface area contributed by atoms with Crippen LogP contribution < -0.4 is 16.0 Å². The summed E-state index contributed by atoms with van der Waals surface area (Å²) in [5, 5.41) is 9.25. The van der Waals surface area contributed by atoms with Crippen LogP contribution in [0, 0.1) is 0 Å². The van der Waals surface area contributed by atoms with Gasteiger partial charge in [-0.3, -0.25) is 4.79 Å². The van der Waals surface area contributed by atoms with E-state index < -0.39 is 0 Å². The molecule has 0 spiro atoms. The molecule has 2 saturated heterocycles. The first-order chi connectivity index (χ1) is 12.2. The third kappa shape index (κ3) is 6.37. The van der Waals surface area contributed by atoms with Crippen molar-refractivity contribution in [2.45, 2.75) is 31.3 Å². The van der Waals surface area contributed by atoms with Gasteiger partial charge in [0.05, 0.1) is 0 Å². The third-order valence-electron chi connectivity index (χ3n) is 4.63. The van der Waals surface area contributed by atoms with E-state index in [4.69, 9.17) is 0 Å². The second kappa shape index (κ2) is 10.6. The molecule has 2 aliphatic rings. The maximum Gasteiger partial charge on any atom is 0.319 e. The molecule has 0 radical (unpaired) electrons. The molecule has 0 aromatic heterocycles.